The van der Waals surface area contributed by atoms with E-state index in [1.165, 1.54) is 36.5 Å². The van der Waals surface area contributed by atoms with Crippen molar-refractivity contribution in [2.45, 2.75) is 24.9 Å². The summed E-state index contributed by atoms with van der Waals surface area (Å²) in [6.07, 6.45) is 3.41. The summed E-state index contributed by atoms with van der Waals surface area (Å²) < 4.78 is 28.7. The van der Waals surface area contributed by atoms with Gasteiger partial charge in [-0.25, -0.2) is 8.42 Å². The van der Waals surface area contributed by atoms with E-state index in [9.17, 15) is 18.5 Å². The maximum absolute atomic E-state index is 12.9. The Labute approximate surface area is 163 Å². The number of aromatic nitrogens is 2. The van der Waals surface area contributed by atoms with E-state index in [2.05, 4.69) is 5.10 Å². The van der Waals surface area contributed by atoms with Gasteiger partial charge in [0, 0.05) is 37.0 Å². The first-order chi connectivity index (χ1) is 13.3. The maximum Gasteiger partial charge on any atom is 0.273 e. The van der Waals surface area contributed by atoms with Gasteiger partial charge in [0.1, 0.15) is 0 Å². The molecule has 0 unspecified atom stereocenters. The standard InChI is InChI=1S/C19H20N4O4S/c1-15-18(23(24)25)9-6-10-19(15)28(26,27)21(2)12-17-11-20-22(14-17)13-16-7-4-3-5-8-16/h3-11,14H,12-13H2,1-2H3. The predicted molar refractivity (Wildman–Crippen MR) is 104 cm³/mol. The third kappa shape index (κ3) is 4.10. The molecule has 0 saturated carbocycles. The third-order valence-electron chi connectivity index (χ3n) is 4.42. The summed E-state index contributed by atoms with van der Waals surface area (Å²) in [7, 11) is -2.44. The van der Waals surface area contributed by atoms with Gasteiger partial charge in [-0.3, -0.25) is 14.8 Å². The molecule has 8 nitrogen and oxygen atoms in total. The van der Waals surface area contributed by atoms with Crippen molar-refractivity contribution < 1.29 is 13.3 Å². The maximum atomic E-state index is 12.9. The number of nitro benzene ring substituents is 1. The van der Waals surface area contributed by atoms with Crippen LogP contribution in [0.2, 0.25) is 0 Å². The molecular formula is C19H20N4O4S. The minimum absolute atomic E-state index is 0.0686. The number of nitrogens with zero attached hydrogens (tertiary/aromatic N) is 4. The van der Waals surface area contributed by atoms with Crippen LogP contribution >= 0.6 is 0 Å². The van der Waals surface area contributed by atoms with E-state index in [-0.39, 0.29) is 22.7 Å². The first kappa shape index (κ1) is 19.7. The molecule has 0 saturated heterocycles. The van der Waals surface area contributed by atoms with Gasteiger partial charge in [0.25, 0.3) is 5.69 Å². The summed E-state index contributed by atoms with van der Waals surface area (Å²) in [6.45, 7) is 2.14. The average Bonchev–Trinajstić information content (AvgIpc) is 3.09. The Bertz CT molecular complexity index is 1090. The Hall–Kier alpha value is -3.04. The Morgan fingerprint density at radius 2 is 1.82 bits per heavy atom. The van der Waals surface area contributed by atoms with E-state index in [0.29, 0.717) is 6.54 Å². The highest BCUT2D eigenvalue weighted by molar-refractivity contribution is 7.89. The lowest BCUT2D eigenvalue weighted by Gasteiger charge is -2.17. The highest BCUT2D eigenvalue weighted by atomic mass is 32.2. The monoisotopic (exact) mass is 400 g/mol. The van der Waals surface area contributed by atoms with Crippen molar-refractivity contribution in [2.24, 2.45) is 0 Å². The Balaban J connectivity index is 1.78. The predicted octanol–water partition coefficient (Wildman–Crippen LogP) is 2.97. The van der Waals surface area contributed by atoms with Gasteiger partial charge < -0.3 is 0 Å². The van der Waals surface area contributed by atoms with Crippen molar-refractivity contribution in [3.05, 3.63) is 87.7 Å². The van der Waals surface area contributed by atoms with Gasteiger partial charge in [0.2, 0.25) is 10.0 Å². The molecule has 0 aliphatic rings. The molecule has 1 heterocycles. The summed E-state index contributed by atoms with van der Waals surface area (Å²) in [4.78, 5) is 10.5. The molecule has 3 rings (SSSR count). The van der Waals surface area contributed by atoms with Crippen molar-refractivity contribution in [3.63, 3.8) is 0 Å². The first-order valence-corrected chi connectivity index (χ1v) is 9.98. The van der Waals surface area contributed by atoms with E-state index in [4.69, 9.17) is 0 Å². The third-order valence-corrected chi connectivity index (χ3v) is 6.37. The fourth-order valence-electron chi connectivity index (χ4n) is 2.94. The fraction of sp³-hybridized carbons (Fsp3) is 0.211. The zero-order valence-electron chi connectivity index (χ0n) is 15.5. The number of sulfonamides is 1. The molecule has 9 heteroatoms. The molecule has 0 aliphatic carbocycles. The second-order valence-corrected chi connectivity index (χ2v) is 8.46. The van der Waals surface area contributed by atoms with E-state index < -0.39 is 14.9 Å². The van der Waals surface area contributed by atoms with E-state index in [1.54, 1.807) is 17.1 Å². The molecule has 3 aromatic rings. The number of rotatable bonds is 7. The highest BCUT2D eigenvalue weighted by Crippen LogP contribution is 2.27. The molecule has 0 fully saturated rings. The van der Waals surface area contributed by atoms with Gasteiger partial charge in [0.15, 0.2) is 0 Å². The number of benzene rings is 2. The minimum Gasteiger partial charge on any atom is -0.268 e. The van der Waals surface area contributed by atoms with E-state index in [0.717, 1.165) is 11.1 Å². The fourth-order valence-corrected chi connectivity index (χ4v) is 4.33. The van der Waals surface area contributed by atoms with Crippen LogP contribution in [0.1, 0.15) is 16.7 Å². The van der Waals surface area contributed by atoms with Crippen LogP contribution in [-0.4, -0.2) is 34.5 Å². The quantitative estimate of drug-likeness (QED) is 0.448. The van der Waals surface area contributed by atoms with Crippen molar-refractivity contribution in [3.8, 4) is 0 Å². The molecule has 28 heavy (non-hydrogen) atoms. The lowest BCUT2D eigenvalue weighted by molar-refractivity contribution is -0.385. The summed E-state index contributed by atoms with van der Waals surface area (Å²) in [5, 5.41) is 15.4. The molecule has 0 radical (unpaired) electrons. The van der Waals surface area contributed by atoms with Crippen molar-refractivity contribution in [2.75, 3.05) is 7.05 Å². The minimum atomic E-state index is -3.88. The van der Waals surface area contributed by atoms with Gasteiger partial charge in [-0.05, 0) is 18.6 Å². The molecule has 0 atom stereocenters. The van der Waals surface area contributed by atoms with E-state index in [1.807, 2.05) is 30.3 Å². The molecule has 0 amide bonds. The van der Waals surface area contributed by atoms with Crippen LogP contribution in [0.3, 0.4) is 0 Å². The zero-order valence-corrected chi connectivity index (χ0v) is 16.3. The Kier molecular flexibility index (Phi) is 5.57. The summed E-state index contributed by atoms with van der Waals surface area (Å²) in [5.41, 5.74) is 1.72. The van der Waals surface area contributed by atoms with Crippen molar-refractivity contribution >= 4 is 15.7 Å². The molecule has 0 aliphatic heterocycles. The van der Waals surface area contributed by atoms with Crippen LogP contribution in [0, 0.1) is 17.0 Å². The smallest absolute Gasteiger partial charge is 0.268 e. The number of nitro groups is 1. The van der Waals surface area contributed by atoms with Crippen molar-refractivity contribution in [1.82, 2.24) is 14.1 Å². The summed E-state index contributed by atoms with van der Waals surface area (Å²) >= 11 is 0. The van der Waals surface area contributed by atoms with Gasteiger partial charge >= 0.3 is 0 Å². The molecule has 0 bridgehead atoms. The molecule has 146 valence electrons. The van der Waals surface area contributed by atoms with Gasteiger partial charge in [0.05, 0.1) is 22.6 Å². The van der Waals surface area contributed by atoms with Gasteiger partial charge in [-0.1, -0.05) is 36.4 Å². The largest absolute Gasteiger partial charge is 0.273 e. The zero-order chi connectivity index (χ0) is 20.3. The lowest BCUT2D eigenvalue weighted by Crippen LogP contribution is -2.27. The first-order valence-electron chi connectivity index (χ1n) is 8.54. The van der Waals surface area contributed by atoms with Crippen LogP contribution in [-0.2, 0) is 23.1 Å². The summed E-state index contributed by atoms with van der Waals surface area (Å²) in [6, 6.07) is 13.9. The molecular weight excluding hydrogens is 380 g/mol. The Morgan fingerprint density at radius 3 is 2.50 bits per heavy atom. The highest BCUT2D eigenvalue weighted by Gasteiger charge is 2.27. The molecule has 0 N–H and O–H groups in total. The normalized spacial score (nSPS) is 11.7. The van der Waals surface area contributed by atoms with E-state index >= 15 is 0 Å². The average molecular weight is 400 g/mol. The van der Waals surface area contributed by atoms with Crippen LogP contribution in [0.25, 0.3) is 0 Å². The second-order valence-electron chi connectivity index (χ2n) is 6.45. The lowest BCUT2D eigenvalue weighted by atomic mass is 10.2. The SMILES string of the molecule is Cc1c([N+](=O)[O-])cccc1S(=O)(=O)N(C)Cc1cnn(Cc2ccccc2)c1. The molecule has 0 spiro atoms. The second kappa shape index (κ2) is 7.91. The topological polar surface area (TPSA) is 98.3 Å². The Morgan fingerprint density at radius 1 is 1.11 bits per heavy atom. The van der Waals surface area contributed by atoms with Gasteiger partial charge in [-0.2, -0.15) is 9.40 Å². The van der Waals surface area contributed by atoms with Crippen LogP contribution in [0.15, 0.2) is 65.8 Å². The van der Waals surface area contributed by atoms with Crippen LogP contribution in [0.5, 0.6) is 0 Å². The summed E-state index contributed by atoms with van der Waals surface area (Å²) in [5.74, 6) is 0. The number of hydrogen-bond donors (Lipinski definition) is 0. The number of hydrogen-bond acceptors (Lipinski definition) is 5. The van der Waals surface area contributed by atoms with Crippen LogP contribution < -0.4 is 0 Å². The molecule has 2 aromatic carbocycles. The van der Waals surface area contributed by atoms with Crippen molar-refractivity contribution in [1.29, 1.82) is 0 Å². The van der Waals surface area contributed by atoms with Gasteiger partial charge in [-0.15, -0.1) is 0 Å². The molecule has 1 aromatic heterocycles. The van der Waals surface area contributed by atoms with Crippen LogP contribution in [0.4, 0.5) is 5.69 Å².